The summed E-state index contributed by atoms with van der Waals surface area (Å²) in [5, 5.41) is 3.38. The zero-order valence-electron chi connectivity index (χ0n) is 12.0. The average Bonchev–Trinajstić information content (AvgIpc) is 2.89. The van der Waals surface area contributed by atoms with Gasteiger partial charge in [0.25, 0.3) is 0 Å². The van der Waals surface area contributed by atoms with Gasteiger partial charge in [-0.2, -0.15) is 0 Å². The molecule has 110 valence electrons. The first kappa shape index (κ1) is 14.7. The van der Waals surface area contributed by atoms with Crippen LogP contribution in [0, 0.1) is 0 Å². The van der Waals surface area contributed by atoms with E-state index in [0.717, 1.165) is 19.3 Å². The van der Waals surface area contributed by atoms with Crippen molar-refractivity contribution in [2.75, 3.05) is 24.8 Å². The molecule has 0 spiro atoms. The molecule has 2 unspecified atom stereocenters. The minimum atomic E-state index is -0.344. The molecule has 1 aliphatic rings. The first-order valence-electron chi connectivity index (χ1n) is 7.00. The second-order valence-corrected chi connectivity index (χ2v) is 5.00. The average molecular weight is 278 g/mol. The first-order chi connectivity index (χ1) is 9.65. The number of carbonyl (C=O) groups excluding carboxylic acids is 1. The molecular weight excluding hydrogens is 256 g/mol. The summed E-state index contributed by atoms with van der Waals surface area (Å²) in [5.41, 5.74) is 7.73. The largest absolute Gasteiger partial charge is 0.462 e. The molecule has 5 nitrogen and oxygen atoms in total. The number of nitrogens with one attached hydrogen (secondary N) is 1. The summed E-state index contributed by atoms with van der Waals surface area (Å²) < 4.78 is 10.4. The lowest BCUT2D eigenvalue weighted by molar-refractivity contribution is 0.0527. The number of benzene rings is 1. The molecule has 0 amide bonds. The number of rotatable bonds is 5. The number of anilines is 2. The maximum Gasteiger partial charge on any atom is 0.340 e. The Morgan fingerprint density at radius 1 is 1.45 bits per heavy atom. The van der Waals surface area contributed by atoms with E-state index in [-0.39, 0.29) is 18.1 Å². The van der Waals surface area contributed by atoms with Gasteiger partial charge in [-0.15, -0.1) is 0 Å². The van der Waals surface area contributed by atoms with Gasteiger partial charge in [-0.05, 0) is 38.3 Å². The second-order valence-electron chi connectivity index (χ2n) is 5.00. The Morgan fingerprint density at radius 3 is 2.90 bits per heavy atom. The number of carbonyl (C=O) groups is 1. The van der Waals surface area contributed by atoms with Crippen molar-refractivity contribution in [3.05, 3.63) is 23.8 Å². The van der Waals surface area contributed by atoms with Crippen LogP contribution >= 0.6 is 0 Å². The molecule has 0 aliphatic heterocycles. The molecule has 1 aromatic rings. The summed E-state index contributed by atoms with van der Waals surface area (Å²) in [6, 6.07) is 5.56. The lowest BCUT2D eigenvalue weighted by Crippen LogP contribution is -2.20. The number of methoxy groups -OCH3 is 1. The Labute approximate surface area is 119 Å². The summed E-state index contributed by atoms with van der Waals surface area (Å²) in [6.07, 6.45) is 3.24. The van der Waals surface area contributed by atoms with E-state index in [2.05, 4.69) is 5.32 Å². The number of nitrogen functional groups attached to an aromatic ring is 1. The van der Waals surface area contributed by atoms with Gasteiger partial charge in [-0.3, -0.25) is 0 Å². The van der Waals surface area contributed by atoms with E-state index in [0.29, 0.717) is 23.5 Å². The van der Waals surface area contributed by atoms with Gasteiger partial charge in [-0.25, -0.2) is 4.79 Å². The third-order valence-electron chi connectivity index (χ3n) is 3.66. The molecule has 0 saturated heterocycles. The summed E-state index contributed by atoms with van der Waals surface area (Å²) in [5.74, 6) is -0.344. The molecule has 0 radical (unpaired) electrons. The molecule has 5 heteroatoms. The van der Waals surface area contributed by atoms with Crippen molar-refractivity contribution in [3.63, 3.8) is 0 Å². The van der Waals surface area contributed by atoms with Gasteiger partial charge >= 0.3 is 5.97 Å². The fraction of sp³-hybridized carbons (Fsp3) is 0.533. The highest BCUT2D eigenvalue weighted by Crippen LogP contribution is 2.30. The lowest BCUT2D eigenvalue weighted by Gasteiger charge is -2.18. The molecule has 0 bridgehead atoms. The summed E-state index contributed by atoms with van der Waals surface area (Å²) >= 11 is 0. The Hall–Kier alpha value is -1.75. The second kappa shape index (κ2) is 6.61. The van der Waals surface area contributed by atoms with Crippen LogP contribution in [-0.4, -0.2) is 31.8 Å². The molecule has 1 saturated carbocycles. The lowest BCUT2D eigenvalue weighted by atomic mass is 10.1. The summed E-state index contributed by atoms with van der Waals surface area (Å²) in [7, 11) is 1.73. The predicted octanol–water partition coefficient (Wildman–Crippen LogP) is 2.42. The first-order valence-corrected chi connectivity index (χ1v) is 7.00. The number of para-hydroxylation sites is 1. The Kier molecular flexibility index (Phi) is 4.84. The summed E-state index contributed by atoms with van der Waals surface area (Å²) in [4.78, 5) is 12.0. The van der Waals surface area contributed by atoms with E-state index in [4.69, 9.17) is 15.2 Å². The van der Waals surface area contributed by atoms with Crippen LogP contribution in [0.3, 0.4) is 0 Å². The SMILES string of the molecule is CCOC(=O)c1cccc(N)c1NC1CCC(OC)C1. The highest BCUT2D eigenvalue weighted by molar-refractivity contribution is 5.98. The van der Waals surface area contributed by atoms with Crippen LogP contribution in [-0.2, 0) is 9.47 Å². The van der Waals surface area contributed by atoms with Crippen molar-refractivity contribution < 1.29 is 14.3 Å². The quantitative estimate of drug-likeness (QED) is 0.639. The Bertz CT molecular complexity index is 476. The van der Waals surface area contributed by atoms with Crippen molar-refractivity contribution in [2.45, 2.75) is 38.3 Å². The van der Waals surface area contributed by atoms with E-state index < -0.39 is 0 Å². The number of hydrogen-bond acceptors (Lipinski definition) is 5. The highest BCUT2D eigenvalue weighted by Gasteiger charge is 2.26. The van der Waals surface area contributed by atoms with Gasteiger partial charge in [0, 0.05) is 13.2 Å². The molecule has 2 rings (SSSR count). The molecule has 3 N–H and O–H groups in total. The molecule has 1 aliphatic carbocycles. The maximum absolute atomic E-state index is 12.0. The Morgan fingerprint density at radius 2 is 2.25 bits per heavy atom. The topological polar surface area (TPSA) is 73.6 Å². The number of nitrogens with two attached hydrogens (primary N) is 1. The molecule has 0 aromatic heterocycles. The monoisotopic (exact) mass is 278 g/mol. The van der Waals surface area contributed by atoms with Crippen LogP contribution in [0.4, 0.5) is 11.4 Å². The van der Waals surface area contributed by atoms with E-state index >= 15 is 0 Å². The van der Waals surface area contributed by atoms with E-state index in [1.54, 1.807) is 32.2 Å². The zero-order chi connectivity index (χ0) is 14.5. The maximum atomic E-state index is 12.0. The normalized spacial score (nSPS) is 21.7. The molecule has 1 fully saturated rings. The molecule has 0 heterocycles. The molecule has 2 atom stereocenters. The van der Waals surface area contributed by atoms with Gasteiger partial charge in [0.2, 0.25) is 0 Å². The summed E-state index contributed by atoms with van der Waals surface area (Å²) in [6.45, 7) is 2.14. The molecule has 1 aromatic carbocycles. The number of ether oxygens (including phenoxy) is 2. The fourth-order valence-electron chi connectivity index (χ4n) is 2.60. The van der Waals surface area contributed by atoms with Gasteiger partial charge in [0.1, 0.15) is 0 Å². The van der Waals surface area contributed by atoms with Gasteiger partial charge in [-0.1, -0.05) is 6.07 Å². The van der Waals surface area contributed by atoms with Crippen molar-refractivity contribution >= 4 is 17.3 Å². The third-order valence-corrected chi connectivity index (χ3v) is 3.66. The van der Waals surface area contributed by atoms with Crippen LogP contribution in [0.1, 0.15) is 36.5 Å². The number of hydrogen-bond donors (Lipinski definition) is 2. The Balaban J connectivity index is 2.16. The van der Waals surface area contributed by atoms with E-state index in [9.17, 15) is 4.79 Å². The molecule has 20 heavy (non-hydrogen) atoms. The number of esters is 1. The van der Waals surface area contributed by atoms with Gasteiger partial charge in [0.05, 0.1) is 29.6 Å². The van der Waals surface area contributed by atoms with Crippen LogP contribution in [0.2, 0.25) is 0 Å². The standard InChI is InChI=1S/C15H22N2O3/c1-3-20-15(18)12-5-4-6-13(16)14(12)17-10-7-8-11(9-10)19-2/h4-6,10-11,17H,3,7-9,16H2,1-2H3. The minimum Gasteiger partial charge on any atom is -0.462 e. The van der Waals surface area contributed by atoms with Gasteiger partial charge in [0.15, 0.2) is 0 Å². The van der Waals surface area contributed by atoms with Crippen molar-refractivity contribution in [3.8, 4) is 0 Å². The fourth-order valence-corrected chi connectivity index (χ4v) is 2.60. The highest BCUT2D eigenvalue weighted by atomic mass is 16.5. The van der Waals surface area contributed by atoms with Crippen molar-refractivity contribution in [1.82, 2.24) is 0 Å². The third kappa shape index (κ3) is 3.22. The molecular formula is C15H22N2O3. The van der Waals surface area contributed by atoms with Crippen LogP contribution in [0.5, 0.6) is 0 Å². The smallest absolute Gasteiger partial charge is 0.340 e. The van der Waals surface area contributed by atoms with Crippen LogP contribution in [0.15, 0.2) is 18.2 Å². The van der Waals surface area contributed by atoms with E-state index in [1.807, 2.05) is 0 Å². The zero-order valence-corrected chi connectivity index (χ0v) is 12.0. The van der Waals surface area contributed by atoms with Crippen molar-refractivity contribution in [2.24, 2.45) is 0 Å². The minimum absolute atomic E-state index is 0.276. The van der Waals surface area contributed by atoms with Crippen LogP contribution < -0.4 is 11.1 Å². The van der Waals surface area contributed by atoms with Crippen molar-refractivity contribution in [1.29, 1.82) is 0 Å². The van der Waals surface area contributed by atoms with Gasteiger partial charge < -0.3 is 20.5 Å². The van der Waals surface area contributed by atoms with Crippen LogP contribution in [0.25, 0.3) is 0 Å². The predicted molar refractivity (Wildman–Crippen MR) is 78.9 cm³/mol. The van der Waals surface area contributed by atoms with E-state index in [1.165, 1.54) is 0 Å².